The van der Waals surface area contributed by atoms with Crippen LogP contribution in [0.3, 0.4) is 0 Å². The third kappa shape index (κ3) is 4.10. The lowest BCUT2D eigenvalue weighted by Crippen LogP contribution is -2.24. The molecule has 8 heteroatoms. The summed E-state index contributed by atoms with van der Waals surface area (Å²) in [5.74, 6) is -0.438. The Bertz CT molecular complexity index is 957. The predicted octanol–water partition coefficient (Wildman–Crippen LogP) is 4.15. The van der Waals surface area contributed by atoms with Gasteiger partial charge in [-0.05, 0) is 61.3 Å². The number of amides is 1. The van der Waals surface area contributed by atoms with Crippen LogP contribution in [0.4, 0.5) is 10.1 Å². The molecule has 1 N–H and O–H groups in total. The van der Waals surface area contributed by atoms with Gasteiger partial charge in [0.05, 0.1) is 33.8 Å². The van der Waals surface area contributed by atoms with E-state index in [-0.39, 0.29) is 11.7 Å². The lowest BCUT2D eigenvalue weighted by molar-refractivity contribution is -0.119. The van der Waals surface area contributed by atoms with Gasteiger partial charge in [-0.2, -0.15) is 10.2 Å². The second-order valence-electron chi connectivity index (χ2n) is 6.54. The number of hydrogen-bond acceptors (Lipinski definition) is 3. The van der Waals surface area contributed by atoms with Crippen molar-refractivity contribution in [2.45, 2.75) is 40.3 Å². The number of anilines is 1. The number of aromatic nitrogens is 4. The van der Waals surface area contributed by atoms with Crippen LogP contribution in [0.2, 0.25) is 0 Å². The van der Waals surface area contributed by atoms with Crippen molar-refractivity contribution in [2.24, 2.45) is 0 Å². The van der Waals surface area contributed by atoms with Crippen LogP contribution >= 0.6 is 15.9 Å². The van der Waals surface area contributed by atoms with E-state index in [2.05, 4.69) is 31.4 Å². The Kier molecular flexibility index (Phi) is 5.46. The van der Waals surface area contributed by atoms with E-state index in [1.165, 1.54) is 12.1 Å². The van der Waals surface area contributed by atoms with Crippen LogP contribution in [0, 0.1) is 26.6 Å². The van der Waals surface area contributed by atoms with Gasteiger partial charge in [0.1, 0.15) is 11.9 Å². The normalized spacial score (nSPS) is 12.2. The molecule has 0 saturated carbocycles. The second kappa shape index (κ2) is 7.64. The van der Waals surface area contributed by atoms with Gasteiger partial charge in [-0.3, -0.25) is 14.2 Å². The summed E-state index contributed by atoms with van der Waals surface area (Å²) < 4.78 is 17.4. The molecule has 0 spiro atoms. The minimum atomic E-state index is -0.464. The molecule has 1 aromatic carbocycles. The molecular weight excluding hydrogens is 413 g/mol. The standard InChI is InChI=1S/C19H21BrFN5O/c1-11-17(20)10-26(23-11)14(4)19(27)22-18-12(2)24-25(13(18)3)9-15-5-7-16(21)8-6-15/h5-8,10,14H,9H2,1-4H3,(H,22,27). The highest BCUT2D eigenvalue weighted by Crippen LogP contribution is 2.23. The quantitative estimate of drug-likeness (QED) is 0.656. The van der Waals surface area contributed by atoms with Gasteiger partial charge in [0.15, 0.2) is 0 Å². The topological polar surface area (TPSA) is 64.7 Å². The zero-order valence-electron chi connectivity index (χ0n) is 15.6. The zero-order valence-corrected chi connectivity index (χ0v) is 17.2. The number of nitrogens with one attached hydrogen (secondary N) is 1. The van der Waals surface area contributed by atoms with Crippen LogP contribution in [0.15, 0.2) is 34.9 Å². The van der Waals surface area contributed by atoms with Crippen LogP contribution < -0.4 is 5.32 Å². The minimum absolute atomic E-state index is 0.169. The summed E-state index contributed by atoms with van der Waals surface area (Å²) in [5.41, 5.74) is 4.03. The Hall–Kier alpha value is -2.48. The van der Waals surface area contributed by atoms with Crippen molar-refractivity contribution in [1.29, 1.82) is 0 Å². The fraction of sp³-hybridized carbons (Fsp3) is 0.316. The van der Waals surface area contributed by atoms with Crippen LogP contribution in [-0.4, -0.2) is 25.5 Å². The van der Waals surface area contributed by atoms with Crippen molar-refractivity contribution >= 4 is 27.5 Å². The first-order chi connectivity index (χ1) is 12.8. The van der Waals surface area contributed by atoms with Crippen molar-refractivity contribution in [3.8, 4) is 0 Å². The molecule has 0 aliphatic carbocycles. The molecule has 1 atom stereocenters. The lowest BCUT2D eigenvalue weighted by Gasteiger charge is -2.13. The Labute approximate surface area is 165 Å². The first-order valence-corrected chi connectivity index (χ1v) is 9.36. The zero-order chi connectivity index (χ0) is 19.7. The molecule has 27 heavy (non-hydrogen) atoms. The number of benzene rings is 1. The molecule has 3 aromatic rings. The maximum absolute atomic E-state index is 13.1. The molecule has 2 aromatic heterocycles. The summed E-state index contributed by atoms with van der Waals surface area (Å²) in [6.45, 7) is 7.92. The van der Waals surface area contributed by atoms with Crippen LogP contribution in [-0.2, 0) is 11.3 Å². The van der Waals surface area contributed by atoms with Crippen molar-refractivity contribution in [1.82, 2.24) is 19.6 Å². The summed E-state index contributed by atoms with van der Waals surface area (Å²) in [6, 6.07) is 5.84. The second-order valence-corrected chi connectivity index (χ2v) is 7.39. The largest absolute Gasteiger partial charge is 0.321 e. The highest BCUT2D eigenvalue weighted by atomic mass is 79.9. The molecule has 1 amide bonds. The van der Waals surface area contributed by atoms with E-state index in [4.69, 9.17) is 0 Å². The molecule has 0 aliphatic rings. The summed E-state index contributed by atoms with van der Waals surface area (Å²) in [5, 5.41) is 11.8. The number of rotatable bonds is 5. The maximum atomic E-state index is 13.1. The summed E-state index contributed by atoms with van der Waals surface area (Å²) in [4.78, 5) is 12.7. The highest BCUT2D eigenvalue weighted by molar-refractivity contribution is 9.10. The number of hydrogen-bond donors (Lipinski definition) is 1. The van der Waals surface area contributed by atoms with Crippen LogP contribution in [0.25, 0.3) is 0 Å². The van der Waals surface area contributed by atoms with Crippen LogP contribution in [0.1, 0.15) is 35.6 Å². The summed E-state index contributed by atoms with van der Waals surface area (Å²) in [7, 11) is 0. The van der Waals surface area contributed by atoms with Crippen molar-refractivity contribution in [3.63, 3.8) is 0 Å². The molecule has 0 fully saturated rings. The fourth-order valence-corrected chi connectivity index (χ4v) is 3.09. The summed E-state index contributed by atoms with van der Waals surface area (Å²) >= 11 is 3.41. The molecule has 6 nitrogen and oxygen atoms in total. The van der Waals surface area contributed by atoms with E-state index in [9.17, 15) is 9.18 Å². The summed E-state index contributed by atoms with van der Waals surface area (Å²) in [6.07, 6.45) is 1.79. The first-order valence-electron chi connectivity index (χ1n) is 8.57. The minimum Gasteiger partial charge on any atom is -0.321 e. The van der Waals surface area contributed by atoms with Gasteiger partial charge < -0.3 is 5.32 Å². The Morgan fingerprint density at radius 1 is 1.19 bits per heavy atom. The van der Waals surface area contributed by atoms with Gasteiger partial charge in [-0.1, -0.05) is 12.1 Å². The van der Waals surface area contributed by atoms with Crippen molar-refractivity contribution in [2.75, 3.05) is 5.32 Å². The van der Waals surface area contributed by atoms with E-state index in [0.717, 1.165) is 27.1 Å². The molecule has 3 rings (SSSR count). The fourth-order valence-electron chi connectivity index (χ4n) is 2.80. The van der Waals surface area contributed by atoms with Gasteiger partial charge >= 0.3 is 0 Å². The van der Waals surface area contributed by atoms with E-state index >= 15 is 0 Å². The third-order valence-corrected chi connectivity index (χ3v) is 5.29. The number of aryl methyl sites for hydroxylation is 2. The maximum Gasteiger partial charge on any atom is 0.249 e. The number of carbonyl (C=O) groups excluding carboxylic acids is 1. The molecular formula is C19H21BrFN5O. The van der Waals surface area contributed by atoms with Gasteiger partial charge in [-0.15, -0.1) is 0 Å². The Morgan fingerprint density at radius 2 is 1.85 bits per heavy atom. The lowest BCUT2D eigenvalue weighted by atomic mass is 10.2. The van der Waals surface area contributed by atoms with Crippen LogP contribution in [0.5, 0.6) is 0 Å². The smallest absolute Gasteiger partial charge is 0.249 e. The van der Waals surface area contributed by atoms with E-state index in [1.807, 2.05) is 20.8 Å². The molecule has 0 radical (unpaired) electrons. The van der Waals surface area contributed by atoms with Crippen molar-refractivity contribution < 1.29 is 9.18 Å². The average Bonchev–Trinajstić information content (AvgIpc) is 3.10. The Balaban J connectivity index is 1.77. The third-order valence-electron chi connectivity index (χ3n) is 4.51. The van der Waals surface area contributed by atoms with Gasteiger partial charge in [-0.25, -0.2) is 4.39 Å². The SMILES string of the molecule is Cc1nn(C(C)C(=O)Nc2c(C)nn(Cc3ccc(F)cc3)c2C)cc1Br. The Morgan fingerprint density at radius 3 is 2.44 bits per heavy atom. The number of halogens is 2. The number of carbonyl (C=O) groups is 1. The van der Waals surface area contributed by atoms with E-state index in [1.54, 1.807) is 34.6 Å². The van der Waals surface area contributed by atoms with E-state index < -0.39 is 6.04 Å². The molecule has 0 aliphatic heterocycles. The highest BCUT2D eigenvalue weighted by Gasteiger charge is 2.21. The molecule has 142 valence electrons. The number of nitrogens with zero attached hydrogens (tertiary/aromatic N) is 4. The monoisotopic (exact) mass is 433 g/mol. The average molecular weight is 434 g/mol. The molecule has 1 unspecified atom stereocenters. The first kappa shape index (κ1) is 19.3. The van der Waals surface area contributed by atoms with E-state index in [0.29, 0.717) is 12.2 Å². The molecule has 2 heterocycles. The van der Waals surface area contributed by atoms with Gasteiger partial charge in [0.25, 0.3) is 0 Å². The molecule has 0 saturated heterocycles. The molecule has 0 bridgehead atoms. The van der Waals surface area contributed by atoms with Gasteiger partial charge in [0.2, 0.25) is 5.91 Å². The van der Waals surface area contributed by atoms with Crippen molar-refractivity contribution in [3.05, 3.63) is 63.4 Å². The predicted molar refractivity (Wildman–Crippen MR) is 105 cm³/mol. The van der Waals surface area contributed by atoms with Gasteiger partial charge in [0, 0.05) is 6.20 Å².